The molecule has 0 N–H and O–H groups in total. The van der Waals surface area contributed by atoms with E-state index in [1.54, 1.807) is 18.2 Å². The third kappa shape index (κ3) is 6.11. The molecule has 2 aliphatic heterocycles. The molecule has 3 aromatic rings. The van der Waals surface area contributed by atoms with Crippen molar-refractivity contribution in [3.63, 3.8) is 0 Å². The van der Waals surface area contributed by atoms with E-state index in [2.05, 4.69) is 55.0 Å². The van der Waals surface area contributed by atoms with Gasteiger partial charge in [-0.25, -0.2) is 20.3 Å². The Balaban J connectivity index is 1.12. The molecular formula is C27H31ClFN5OS. The van der Waals surface area contributed by atoms with Crippen LogP contribution in [-0.4, -0.2) is 52.2 Å². The highest BCUT2D eigenvalue weighted by Crippen LogP contribution is 2.44. The standard InChI is InChI=1S/C27H31ClFN5OS/c1-2-32-16-23(30-20-32)19-36-14-4-5-24(36)17-33-10-12-34(13-11-33)26-6-3-7-27(31-26)35-18-21-8-9-22(28)15-25(21)29/h3-9,14-16,20,36H,2,10-13,17-19H2,1H3. The van der Waals surface area contributed by atoms with Crippen molar-refractivity contribution in [2.75, 3.05) is 37.6 Å². The van der Waals surface area contributed by atoms with Gasteiger partial charge >= 0.3 is 0 Å². The molecule has 1 saturated heterocycles. The van der Waals surface area contributed by atoms with Crippen molar-refractivity contribution in [3.05, 3.63) is 93.5 Å². The third-order valence-corrected chi connectivity index (χ3v) is 8.95. The molecule has 9 heteroatoms. The summed E-state index contributed by atoms with van der Waals surface area (Å²) in [5, 5.41) is 2.73. The summed E-state index contributed by atoms with van der Waals surface area (Å²) >= 11 is 5.83. The van der Waals surface area contributed by atoms with Gasteiger partial charge in [0.25, 0.3) is 0 Å². The summed E-state index contributed by atoms with van der Waals surface area (Å²) in [6.07, 6.45) is 8.60. The average Bonchev–Trinajstić information content (AvgIpc) is 3.53. The second-order valence-corrected chi connectivity index (χ2v) is 11.5. The van der Waals surface area contributed by atoms with E-state index in [1.165, 1.54) is 16.7 Å². The predicted octanol–water partition coefficient (Wildman–Crippen LogP) is 5.40. The molecule has 0 spiro atoms. The molecule has 6 nitrogen and oxygen atoms in total. The minimum absolute atomic E-state index is 0.109. The molecule has 1 atom stereocenters. The lowest BCUT2D eigenvalue weighted by atomic mass is 10.2. The highest BCUT2D eigenvalue weighted by Gasteiger charge is 2.22. The maximum atomic E-state index is 14.0. The monoisotopic (exact) mass is 527 g/mol. The number of halogens is 2. The summed E-state index contributed by atoms with van der Waals surface area (Å²) in [4.78, 5) is 15.6. The van der Waals surface area contributed by atoms with Gasteiger partial charge in [0.05, 0.1) is 12.0 Å². The molecule has 1 aromatic carbocycles. The second kappa shape index (κ2) is 11.5. The predicted molar refractivity (Wildman–Crippen MR) is 146 cm³/mol. The Labute approximate surface area is 219 Å². The number of hydrogen-bond acceptors (Lipinski definition) is 5. The van der Waals surface area contributed by atoms with Gasteiger partial charge in [0.2, 0.25) is 5.88 Å². The number of benzene rings is 1. The zero-order valence-electron chi connectivity index (χ0n) is 20.4. The zero-order chi connectivity index (χ0) is 24.9. The maximum absolute atomic E-state index is 14.0. The van der Waals surface area contributed by atoms with Crippen LogP contribution in [0.5, 0.6) is 5.88 Å². The average molecular weight is 528 g/mol. The van der Waals surface area contributed by atoms with Gasteiger partial charge in [-0.2, -0.15) is 4.98 Å². The van der Waals surface area contributed by atoms with Crippen LogP contribution in [0, 0.1) is 5.82 Å². The van der Waals surface area contributed by atoms with Gasteiger partial charge in [-0.05, 0) is 35.4 Å². The number of imidazole rings is 1. The molecule has 190 valence electrons. The van der Waals surface area contributed by atoms with Gasteiger partial charge in [-0.3, -0.25) is 4.90 Å². The van der Waals surface area contributed by atoms with Crippen molar-refractivity contribution >= 4 is 28.3 Å². The van der Waals surface area contributed by atoms with Gasteiger partial charge in [-0.15, -0.1) is 0 Å². The number of aromatic nitrogens is 3. The molecule has 0 aliphatic carbocycles. The van der Waals surface area contributed by atoms with Crippen molar-refractivity contribution in [2.24, 2.45) is 0 Å². The lowest BCUT2D eigenvalue weighted by molar-refractivity contribution is 0.278. The highest BCUT2D eigenvalue weighted by molar-refractivity contribution is 8.22. The first-order chi connectivity index (χ1) is 17.6. The van der Waals surface area contributed by atoms with Crippen LogP contribution in [0.15, 0.2) is 71.4 Å². The molecule has 2 aromatic heterocycles. The van der Waals surface area contributed by atoms with Crippen LogP contribution in [0.4, 0.5) is 10.2 Å². The van der Waals surface area contributed by atoms with Crippen LogP contribution in [0.25, 0.3) is 0 Å². The Morgan fingerprint density at radius 2 is 2.00 bits per heavy atom. The molecule has 4 heterocycles. The SMILES string of the molecule is CCn1cnc(C[SH]2C=CC=C2CN2CCN(c3cccc(OCc4ccc(Cl)cc4F)n3)CC2)c1. The zero-order valence-corrected chi connectivity index (χ0v) is 22.0. The van der Waals surface area contributed by atoms with E-state index in [-0.39, 0.29) is 23.3 Å². The van der Waals surface area contributed by atoms with E-state index < -0.39 is 0 Å². The van der Waals surface area contributed by atoms with E-state index in [9.17, 15) is 4.39 Å². The van der Waals surface area contributed by atoms with Crippen LogP contribution in [0.3, 0.4) is 0 Å². The van der Waals surface area contributed by atoms with E-state index in [1.807, 2.05) is 18.5 Å². The Kier molecular flexibility index (Phi) is 7.94. The first-order valence-corrected chi connectivity index (χ1v) is 14.2. The van der Waals surface area contributed by atoms with Crippen LogP contribution >= 0.6 is 22.5 Å². The summed E-state index contributed by atoms with van der Waals surface area (Å²) in [5.74, 6) is 2.02. The summed E-state index contributed by atoms with van der Waals surface area (Å²) in [6.45, 7) is 7.98. The number of thiol groups is 1. The first kappa shape index (κ1) is 24.9. The van der Waals surface area contributed by atoms with E-state index >= 15 is 0 Å². The van der Waals surface area contributed by atoms with Crippen molar-refractivity contribution in [3.8, 4) is 5.88 Å². The molecule has 0 bridgehead atoms. The number of pyridine rings is 1. The molecular weight excluding hydrogens is 497 g/mol. The van der Waals surface area contributed by atoms with E-state index in [4.69, 9.17) is 16.3 Å². The summed E-state index contributed by atoms with van der Waals surface area (Å²) in [5.41, 5.74) is 1.63. The summed E-state index contributed by atoms with van der Waals surface area (Å²) in [7, 11) is -0.302. The maximum Gasteiger partial charge on any atom is 0.215 e. The second-order valence-electron chi connectivity index (χ2n) is 8.94. The lowest BCUT2D eigenvalue weighted by Gasteiger charge is -2.36. The van der Waals surface area contributed by atoms with Gasteiger partial charge in [0, 0.05) is 67.9 Å². The van der Waals surface area contributed by atoms with Crippen molar-refractivity contribution < 1.29 is 9.13 Å². The van der Waals surface area contributed by atoms with Gasteiger partial charge in [0.15, 0.2) is 0 Å². The highest BCUT2D eigenvalue weighted by atomic mass is 35.5. The number of piperazine rings is 1. The van der Waals surface area contributed by atoms with E-state index in [0.717, 1.165) is 50.8 Å². The number of rotatable bonds is 9. The van der Waals surface area contributed by atoms with Crippen LogP contribution in [0.1, 0.15) is 18.2 Å². The molecule has 0 radical (unpaired) electrons. The lowest BCUT2D eigenvalue weighted by Crippen LogP contribution is -2.47. The number of aryl methyl sites for hydroxylation is 1. The molecule has 1 unspecified atom stereocenters. The molecule has 5 rings (SSSR count). The van der Waals surface area contributed by atoms with Gasteiger partial charge < -0.3 is 14.2 Å². The largest absolute Gasteiger partial charge is 0.473 e. The Hall–Kier alpha value is -2.81. The Bertz CT molecular complexity index is 1250. The molecule has 2 aliphatic rings. The van der Waals surface area contributed by atoms with Gasteiger partial charge in [0.1, 0.15) is 18.2 Å². The Morgan fingerprint density at radius 1 is 1.14 bits per heavy atom. The smallest absolute Gasteiger partial charge is 0.215 e. The molecule has 1 fully saturated rings. The number of hydrogen-bond donors (Lipinski definition) is 1. The van der Waals surface area contributed by atoms with Crippen LogP contribution in [-0.2, 0) is 18.9 Å². The number of ether oxygens (including phenoxy) is 1. The molecule has 0 saturated carbocycles. The van der Waals surface area contributed by atoms with Crippen molar-refractivity contribution in [1.29, 1.82) is 0 Å². The van der Waals surface area contributed by atoms with E-state index in [0.29, 0.717) is 16.5 Å². The third-order valence-electron chi connectivity index (χ3n) is 6.49. The van der Waals surface area contributed by atoms with Crippen LogP contribution in [0.2, 0.25) is 5.02 Å². The number of allylic oxidation sites excluding steroid dienone is 2. The quantitative estimate of drug-likeness (QED) is 0.377. The number of anilines is 1. The van der Waals surface area contributed by atoms with Crippen molar-refractivity contribution in [1.82, 2.24) is 19.4 Å². The summed E-state index contributed by atoms with van der Waals surface area (Å²) < 4.78 is 22.0. The topological polar surface area (TPSA) is 46.4 Å². The number of nitrogens with zero attached hydrogens (tertiary/aromatic N) is 5. The normalized spacial score (nSPS) is 19.0. The fourth-order valence-electron chi connectivity index (χ4n) is 4.40. The fourth-order valence-corrected chi connectivity index (χ4v) is 6.52. The minimum atomic E-state index is -0.373. The fraction of sp³-hybridized carbons (Fsp3) is 0.333. The summed E-state index contributed by atoms with van der Waals surface area (Å²) in [6, 6.07) is 10.3. The molecule has 0 amide bonds. The minimum Gasteiger partial charge on any atom is -0.473 e. The van der Waals surface area contributed by atoms with Crippen LogP contribution < -0.4 is 9.64 Å². The first-order valence-electron chi connectivity index (χ1n) is 12.2. The van der Waals surface area contributed by atoms with Gasteiger partial charge in [-0.1, -0.05) is 35.9 Å². The Morgan fingerprint density at radius 3 is 2.78 bits per heavy atom. The molecule has 36 heavy (non-hydrogen) atoms. The van der Waals surface area contributed by atoms with Crippen molar-refractivity contribution in [2.45, 2.75) is 25.8 Å².